The van der Waals surface area contributed by atoms with Crippen molar-refractivity contribution in [1.82, 2.24) is 15.5 Å². The fraction of sp³-hybridized carbons (Fsp3) is 0.769. The van der Waals surface area contributed by atoms with E-state index in [4.69, 9.17) is 5.11 Å². The predicted octanol–water partition coefficient (Wildman–Crippen LogP) is 0.511. The van der Waals surface area contributed by atoms with E-state index >= 15 is 0 Å². The number of aliphatic carboxylic acids is 1. The minimum atomic E-state index is -0.874. The van der Waals surface area contributed by atoms with Gasteiger partial charge in [-0.2, -0.15) is 0 Å². The van der Waals surface area contributed by atoms with Gasteiger partial charge in [-0.3, -0.25) is 9.59 Å². The van der Waals surface area contributed by atoms with E-state index in [1.165, 1.54) is 4.90 Å². The number of urea groups is 1. The van der Waals surface area contributed by atoms with Gasteiger partial charge >= 0.3 is 12.0 Å². The van der Waals surface area contributed by atoms with E-state index < -0.39 is 12.0 Å². The standard InChI is InChI=1S/C13H25N3O4/c1-9(2)5-10(6-12(18)19)7-14-13(20)15-8-11(17)16(3)4/h9-10H,5-8H2,1-4H3,(H,18,19)(H2,14,15,20). The van der Waals surface area contributed by atoms with Gasteiger partial charge in [-0.15, -0.1) is 0 Å². The highest BCUT2D eigenvalue weighted by Gasteiger charge is 2.16. The van der Waals surface area contributed by atoms with Crippen LogP contribution in [0.1, 0.15) is 26.7 Å². The summed E-state index contributed by atoms with van der Waals surface area (Å²) in [5.41, 5.74) is 0. The summed E-state index contributed by atoms with van der Waals surface area (Å²) in [6.07, 6.45) is 0.748. The molecule has 0 aromatic carbocycles. The van der Waals surface area contributed by atoms with E-state index in [0.717, 1.165) is 6.42 Å². The number of carboxylic acid groups (broad SMARTS) is 1. The summed E-state index contributed by atoms with van der Waals surface area (Å²) >= 11 is 0. The minimum Gasteiger partial charge on any atom is -0.481 e. The molecule has 0 radical (unpaired) electrons. The van der Waals surface area contributed by atoms with Crippen molar-refractivity contribution in [3.63, 3.8) is 0 Å². The van der Waals surface area contributed by atoms with Gasteiger partial charge in [0.1, 0.15) is 0 Å². The lowest BCUT2D eigenvalue weighted by molar-refractivity contribution is -0.138. The first kappa shape index (κ1) is 18.2. The molecule has 0 aliphatic heterocycles. The van der Waals surface area contributed by atoms with Crippen LogP contribution >= 0.6 is 0 Å². The summed E-state index contributed by atoms with van der Waals surface area (Å²) in [4.78, 5) is 34.9. The number of hydrogen-bond acceptors (Lipinski definition) is 3. The lowest BCUT2D eigenvalue weighted by atomic mass is 9.94. The number of carbonyl (C=O) groups is 3. The van der Waals surface area contributed by atoms with Gasteiger partial charge < -0.3 is 20.6 Å². The topological polar surface area (TPSA) is 98.7 Å². The fourth-order valence-corrected chi connectivity index (χ4v) is 1.77. The van der Waals surface area contributed by atoms with Crippen molar-refractivity contribution in [3.05, 3.63) is 0 Å². The average molecular weight is 287 g/mol. The molecule has 1 atom stereocenters. The van der Waals surface area contributed by atoms with Crippen molar-refractivity contribution in [2.75, 3.05) is 27.2 Å². The third-order valence-electron chi connectivity index (χ3n) is 2.72. The highest BCUT2D eigenvalue weighted by molar-refractivity contribution is 5.83. The Morgan fingerprint density at radius 3 is 2.20 bits per heavy atom. The molecule has 20 heavy (non-hydrogen) atoms. The number of amides is 3. The molecule has 0 saturated carbocycles. The first-order valence-corrected chi connectivity index (χ1v) is 6.66. The molecule has 3 N–H and O–H groups in total. The molecular weight excluding hydrogens is 262 g/mol. The lowest BCUT2D eigenvalue weighted by Crippen LogP contribution is -2.43. The molecule has 0 saturated heterocycles. The van der Waals surface area contributed by atoms with Gasteiger partial charge in [-0.1, -0.05) is 13.8 Å². The maximum absolute atomic E-state index is 11.5. The molecule has 0 spiro atoms. The van der Waals surface area contributed by atoms with Crippen LogP contribution in [0.2, 0.25) is 0 Å². The van der Waals surface area contributed by atoms with Crippen LogP contribution in [0.4, 0.5) is 4.79 Å². The molecule has 1 unspecified atom stereocenters. The van der Waals surface area contributed by atoms with E-state index in [2.05, 4.69) is 10.6 Å². The molecule has 0 bridgehead atoms. The molecule has 0 aromatic rings. The quantitative estimate of drug-likeness (QED) is 0.605. The van der Waals surface area contributed by atoms with Crippen LogP contribution in [-0.4, -0.2) is 55.1 Å². The number of carboxylic acids is 1. The Morgan fingerprint density at radius 1 is 1.15 bits per heavy atom. The van der Waals surface area contributed by atoms with Crippen LogP contribution in [-0.2, 0) is 9.59 Å². The van der Waals surface area contributed by atoms with E-state index in [1.807, 2.05) is 13.8 Å². The van der Waals surface area contributed by atoms with Crippen molar-refractivity contribution in [1.29, 1.82) is 0 Å². The SMILES string of the molecule is CC(C)CC(CNC(=O)NCC(=O)N(C)C)CC(=O)O. The normalized spacial score (nSPS) is 11.8. The molecule has 0 heterocycles. The molecule has 0 fully saturated rings. The zero-order chi connectivity index (χ0) is 15.7. The molecule has 0 aliphatic rings. The van der Waals surface area contributed by atoms with Crippen molar-refractivity contribution in [2.24, 2.45) is 11.8 Å². The molecule has 7 nitrogen and oxygen atoms in total. The van der Waals surface area contributed by atoms with Crippen LogP contribution in [0.15, 0.2) is 0 Å². The highest BCUT2D eigenvalue weighted by Crippen LogP contribution is 2.14. The van der Waals surface area contributed by atoms with E-state index in [-0.39, 0.29) is 31.3 Å². The predicted molar refractivity (Wildman–Crippen MR) is 75.3 cm³/mol. The zero-order valence-corrected chi connectivity index (χ0v) is 12.6. The Bertz CT molecular complexity index is 343. The Hall–Kier alpha value is -1.79. The highest BCUT2D eigenvalue weighted by atomic mass is 16.4. The first-order valence-electron chi connectivity index (χ1n) is 6.66. The molecule has 0 rings (SSSR count). The van der Waals surface area contributed by atoms with Crippen molar-refractivity contribution < 1.29 is 19.5 Å². The summed E-state index contributed by atoms with van der Waals surface area (Å²) < 4.78 is 0. The Labute approximate surface area is 119 Å². The van der Waals surface area contributed by atoms with Gasteiger partial charge in [0, 0.05) is 27.1 Å². The van der Waals surface area contributed by atoms with Crippen LogP contribution < -0.4 is 10.6 Å². The Balaban J connectivity index is 4.10. The molecule has 0 aromatic heterocycles. The summed E-state index contributed by atoms with van der Waals surface area (Å²) in [5.74, 6) is -0.826. The number of hydrogen-bond donors (Lipinski definition) is 3. The van der Waals surface area contributed by atoms with Crippen LogP contribution in [0.25, 0.3) is 0 Å². The van der Waals surface area contributed by atoms with Gasteiger partial charge in [0.15, 0.2) is 0 Å². The van der Waals surface area contributed by atoms with Crippen LogP contribution in [0, 0.1) is 11.8 Å². The Morgan fingerprint density at radius 2 is 1.75 bits per heavy atom. The third-order valence-corrected chi connectivity index (χ3v) is 2.72. The second-order valence-electron chi connectivity index (χ2n) is 5.45. The van der Waals surface area contributed by atoms with Gasteiger partial charge in [0.05, 0.1) is 6.54 Å². The zero-order valence-electron chi connectivity index (χ0n) is 12.6. The monoisotopic (exact) mass is 287 g/mol. The maximum Gasteiger partial charge on any atom is 0.315 e. The van der Waals surface area contributed by atoms with Gasteiger partial charge in [0.25, 0.3) is 0 Å². The van der Waals surface area contributed by atoms with E-state index in [0.29, 0.717) is 5.92 Å². The molecular formula is C13H25N3O4. The van der Waals surface area contributed by atoms with Gasteiger partial charge in [-0.05, 0) is 18.3 Å². The molecule has 116 valence electrons. The van der Waals surface area contributed by atoms with Gasteiger partial charge in [0.2, 0.25) is 5.91 Å². The fourth-order valence-electron chi connectivity index (χ4n) is 1.77. The summed E-state index contributed by atoms with van der Waals surface area (Å²) in [6.45, 7) is 4.22. The Kier molecular flexibility index (Phi) is 8.35. The minimum absolute atomic E-state index is 0.0229. The van der Waals surface area contributed by atoms with Crippen molar-refractivity contribution >= 4 is 17.9 Å². The van der Waals surface area contributed by atoms with Gasteiger partial charge in [-0.25, -0.2) is 4.79 Å². The van der Waals surface area contributed by atoms with Crippen molar-refractivity contribution in [3.8, 4) is 0 Å². The summed E-state index contributed by atoms with van der Waals surface area (Å²) in [5, 5.41) is 13.9. The van der Waals surface area contributed by atoms with E-state index in [9.17, 15) is 14.4 Å². The van der Waals surface area contributed by atoms with E-state index in [1.54, 1.807) is 14.1 Å². The summed E-state index contributed by atoms with van der Waals surface area (Å²) in [7, 11) is 3.21. The second kappa shape index (κ2) is 9.17. The first-order chi connectivity index (χ1) is 9.22. The molecule has 3 amide bonds. The number of carbonyl (C=O) groups excluding carboxylic acids is 2. The maximum atomic E-state index is 11.5. The lowest BCUT2D eigenvalue weighted by Gasteiger charge is -2.18. The molecule has 7 heteroatoms. The average Bonchev–Trinajstić information content (AvgIpc) is 2.31. The summed E-state index contributed by atoms with van der Waals surface area (Å²) in [6, 6.07) is -0.459. The number of likely N-dealkylation sites (N-methyl/N-ethyl adjacent to an activating group) is 1. The second-order valence-corrected chi connectivity index (χ2v) is 5.45. The largest absolute Gasteiger partial charge is 0.481 e. The number of rotatable bonds is 8. The molecule has 0 aliphatic carbocycles. The number of nitrogens with one attached hydrogen (secondary N) is 2. The van der Waals surface area contributed by atoms with Crippen molar-refractivity contribution in [2.45, 2.75) is 26.7 Å². The third kappa shape index (κ3) is 9.18. The smallest absolute Gasteiger partial charge is 0.315 e. The number of nitrogens with zero attached hydrogens (tertiary/aromatic N) is 1. The van der Waals surface area contributed by atoms with Crippen LogP contribution in [0.3, 0.4) is 0 Å². The van der Waals surface area contributed by atoms with Crippen LogP contribution in [0.5, 0.6) is 0 Å².